The molecule has 2 aromatic rings. The van der Waals surface area contributed by atoms with Crippen molar-refractivity contribution in [1.29, 1.82) is 0 Å². The molecule has 2 rings (SSSR count). The van der Waals surface area contributed by atoms with E-state index in [0.29, 0.717) is 6.54 Å². The number of benzene rings is 1. The summed E-state index contributed by atoms with van der Waals surface area (Å²) in [5.74, 6) is 0. The molecular weight excluding hydrogens is 236 g/mol. The summed E-state index contributed by atoms with van der Waals surface area (Å²) in [5.41, 5.74) is 5.32. The predicted molar refractivity (Wildman–Crippen MR) is 79.4 cm³/mol. The van der Waals surface area contributed by atoms with E-state index < -0.39 is 0 Å². The standard InChI is InChI=1S/C16H20N2O/c1-11-5-6-12(2)14(9-11)15-8-7-13(10-17-3)16(19)18(15)4/h5-9,17H,10H2,1-4H3. The summed E-state index contributed by atoms with van der Waals surface area (Å²) >= 11 is 0. The molecular formula is C16H20N2O. The highest BCUT2D eigenvalue weighted by Crippen LogP contribution is 2.23. The molecule has 1 heterocycles. The molecule has 1 aromatic carbocycles. The molecule has 0 fully saturated rings. The summed E-state index contributed by atoms with van der Waals surface area (Å²) in [4.78, 5) is 12.3. The van der Waals surface area contributed by atoms with E-state index in [4.69, 9.17) is 0 Å². The molecule has 0 atom stereocenters. The number of pyridine rings is 1. The quantitative estimate of drug-likeness (QED) is 0.915. The Morgan fingerprint density at radius 1 is 1.16 bits per heavy atom. The van der Waals surface area contributed by atoms with Gasteiger partial charge in [0.25, 0.3) is 5.56 Å². The highest BCUT2D eigenvalue weighted by atomic mass is 16.1. The van der Waals surface area contributed by atoms with Crippen LogP contribution in [-0.2, 0) is 13.6 Å². The number of nitrogens with one attached hydrogen (secondary N) is 1. The smallest absolute Gasteiger partial charge is 0.255 e. The maximum absolute atomic E-state index is 12.3. The summed E-state index contributed by atoms with van der Waals surface area (Å²) in [6, 6.07) is 10.2. The number of aromatic nitrogens is 1. The van der Waals surface area contributed by atoms with Gasteiger partial charge in [-0.2, -0.15) is 0 Å². The van der Waals surface area contributed by atoms with E-state index in [1.54, 1.807) is 4.57 Å². The van der Waals surface area contributed by atoms with Gasteiger partial charge in [0.05, 0.1) is 5.69 Å². The van der Waals surface area contributed by atoms with Gasteiger partial charge >= 0.3 is 0 Å². The van der Waals surface area contributed by atoms with Gasteiger partial charge in [-0.3, -0.25) is 4.79 Å². The van der Waals surface area contributed by atoms with Crippen molar-refractivity contribution in [2.75, 3.05) is 7.05 Å². The monoisotopic (exact) mass is 256 g/mol. The van der Waals surface area contributed by atoms with Crippen LogP contribution in [0.3, 0.4) is 0 Å². The SMILES string of the molecule is CNCc1ccc(-c2cc(C)ccc2C)n(C)c1=O. The Labute approximate surface area is 113 Å². The van der Waals surface area contributed by atoms with Gasteiger partial charge in [0, 0.05) is 24.7 Å². The molecule has 0 amide bonds. The van der Waals surface area contributed by atoms with Gasteiger partial charge in [0.2, 0.25) is 0 Å². The van der Waals surface area contributed by atoms with E-state index in [1.807, 2.05) is 26.2 Å². The lowest BCUT2D eigenvalue weighted by atomic mass is 10.0. The largest absolute Gasteiger partial charge is 0.315 e. The minimum atomic E-state index is 0.0627. The first-order valence-electron chi connectivity index (χ1n) is 6.45. The second-order valence-electron chi connectivity index (χ2n) is 4.96. The van der Waals surface area contributed by atoms with E-state index in [0.717, 1.165) is 16.8 Å². The molecule has 19 heavy (non-hydrogen) atoms. The minimum Gasteiger partial charge on any atom is -0.315 e. The highest BCUT2D eigenvalue weighted by Gasteiger charge is 2.09. The Balaban J connectivity index is 2.61. The number of hydrogen-bond acceptors (Lipinski definition) is 2. The molecule has 0 spiro atoms. The number of nitrogens with zero attached hydrogens (tertiary/aromatic N) is 1. The number of rotatable bonds is 3. The zero-order chi connectivity index (χ0) is 14.0. The lowest BCUT2D eigenvalue weighted by Crippen LogP contribution is -2.25. The van der Waals surface area contributed by atoms with Crippen LogP contribution in [-0.4, -0.2) is 11.6 Å². The first-order valence-corrected chi connectivity index (χ1v) is 6.45. The van der Waals surface area contributed by atoms with Crippen molar-refractivity contribution < 1.29 is 0 Å². The fourth-order valence-electron chi connectivity index (χ4n) is 2.29. The van der Waals surface area contributed by atoms with Gasteiger partial charge in [-0.15, -0.1) is 0 Å². The summed E-state index contributed by atoms with van der Waals surface area (Å²) < 4.78 is 1.73. The zero-order valence-corrected chi connectivity index (χ0v) is 11.9. The van der Waals surface area contributed by atoms with E-state index in [9.17, 15) is 4.79 Å². The van der Waals surface area contributed by atoms with Crippen LogP contribution < -0.4 is 10.9 Å². The normalized spacial score (nSPS) is 10.7. The van der Waals surface area contributed by atoms with Crippen molar-refractivity contribution in [2.24, 2.45) is 7.05 Å². The first kappa shape index (κ1) is 13.6. The van der Waals surface area contributed by atoms with Crippen LogP contribution in [0.25, 0.3) is 11.3 Å². The third-order valence-corrected chi connectivity index (χ3v) is 3.42. The summed E-state index contributed by atoms with van der Waals surface area (Å²) in [6.07, 6.45) is 0. The number of hydrogen-bond donors (Lipinski definition) is 1. The van der Waals surface area contributed by atoms with Crippen LogP contribution in [0.1, 0.15) is 16.7 Å². The molecule has 0 saturated carbocycles. The topological polar surface area (TPSA) is 34.0 Å². The molecule has 3 heteroatoms. The van der Waals surface area contributed by atoms with Crippen LogP contribution in [0.5, 0.6) is 0 Å². The molecule has 1 N–H and O–H groups in total. The van der Waals surface area contributed by atoms with Crippen LogP contribution in [0, 0.1) is 13.8 Å². The van der Waals surface area contributed by atoms with Crippen molar-refractivity contribution in [3.8, 4) is 11.3 Å². The zero-order valence-electron chi connectivity index (χ0n) is 11.9. The third-order valence-electron chi connectivity index (χ3n) is 3.42. The Hall–Kier alpha value is -1.87. The highest BCUT2D eigenvalue weighted by molar-refractivity contribution is 5.65. The van der Waals surface area contributed by atoms with Crippen molar-refractivity contribution in [1.82, 2.24) is 9.88 Å². The van der Waals surface area contributed by atoms with Gasteiger partial charge in [-0.05, 0) is 38.6 Å². The average Bonchev–Trinajstić information content (AvgIpc) is 2.39. The van der Waals surface area contributed by atoms with Crippen molar-refractivity contribution in [3.05, 3.63) is 57.4 Å². The molecule has 0 aliphatic rings. The molecule has 0 aliphatic carbocycles. The average molecular weight is 256 g/mol. The van der Waals surface area contributed by atoms with Gasteiger partial charge in [0.15, 0.2) is 0 Å². The Kier molecular flexibility index (Phi) is 3.86. The Morgan fingerprint density at radius 2 is 1.89 bits per heavy atom. The molecule has 0 unspecified atom stereocenters. The van der Waals surface area contributed by atoms with Crippen LogP contribution in [0.4, 0.5) is 0 Å². The van der Waals surface area contributed by atoms with Crippen LogP contribution in [0.15, 0.2) is 35.1 Å². The van der Waals surface area contributed by atoms with Crippen LogP contribution in [0.2, 0.25) is 0 Å². The molecule has 0 aliphatic heterocycles. The lowest BCUT2D eigenvalue weighted by Gasteiger charge is -2.13. The second-order valence-corrected chi connectivity index (χ2v) is 4.96. The molecule has 3 nitrogen and oxygen atoms in total. The summed E-state index contributed by atoms with van der Waals surface area (Å²) in [7, 11) is 3.68. The summed E-state index contributed by atoms with van der Waals surface area (Å²) in [6.45, 7) is 4.73. The molecule has 0 radical (unpaired) electrons. The number of aryl methyl sites for hydroxylation is 2. The van der Waals surface area contributed by atoms with Gasteiger partial charge < -0.3 is 9.88 Å². The third kappa shape index (κ3) is 2.61. The molecule has 100 valence electrons. The van der Waals surface area contributed by atoms with E-state index in [1.165, 1.54) is 11.1 Å². The fraction of sp³-hybridized carbons (Fsp3) is 0.312. The molecule has 0 bridgehead atoms. The molecule has 1 aromatic heterocycles. The van der Waals surface area contributed by atoms with E-state index in [-0.39, 0.29) is 5.56 Å². The van der Waals surface area contributed by atoms with Crippen LogP contribution >= 0.6 is 0 Å². The minimum absolute atomic E-state index is 0.0627. The van der Waals surface area contributed by atoms with E-state index in [2.05, 4.69) is 37.4 Å². The Morgan fingerprint density at radius 3 is 2.58 bits per heavy atom. The van der Waals surface area contributed by atoms with Gasteiger partial charge in [-0.1, -0.05) is 23.8 Å². The first-order chi connectivity index (χ1) is 9.04. The van der Waals surface area contributed by atoms with Crippen molar-refractivity contribution >= 4 is 0 Å². The molecule has 0 saturated heterocycles. The second kappa shape index (κ2) is 5.41. The fourth-order valence-corrected chi connectivity index (χ4v) is 2.29. The van der Waals surface area contributed by atoms with Gasteiger partial charge in [-0.25, -0.2) is 0 Å². The Bertz CT molecular complexity index is 656. The summed E-state index contributed by atoms with van der Waals surface area (Å²) in [5, 5.41) is 3.02. The maximum Gasteiger partial charge on any atom is 0.255 e. The van der Waals surface area contributed by atoms with Crippen molar-refractivity contribution in [2.45, 2.75) is 20.4 Å². The maximum atomic E-state index is 12.3. The predicted octanol–water partition coefficient (Wildman–Crippen LogP) is 2.39. The lowest BCUT2D eigenvalue weighted by molar-refractivity contribution is 0.771. The van der Waals surface area contributed by atoms with Crippen molar-refractivity contribution in [3.63, 3.8) is 0 Å². The van der Waals surface area contributed by atoms with Gasteiger partial charge in [0.1, 0.15) is 0 Å². The van der Waals surface area contributed by atoms with E-state index >= 15 is 0 Å².